The van der Waals surface area contributed by atoms with Crippen molar-refractivity contribution in [3.8, 4) is 22.5 Å². The van der Waals surface area contributed by atoms with Gasteiger partial charge in [0.2, 0.25) is 0 Å². The van der Waals surface area contributed by atoms with Crippen LogP contribution in [0, 0.1) is 0 Å². The summed E-state index contributed by atoms with van der Waals surface area (Å²) >= 11 is 0. The van der Waals surface area contributed by atoms with Crippen molar-refractivity contribution in [2.24, 2.45) is 0 Å². The summed E-state index contributed by atoms with van der Waals surface area (Å²) < 4.78 is 178. The Labute approximate surface area is 283 Å². The SMILES string of the molecule is [2H]c1c([2H])c([2H])c(-n2c3c([2H])c([2H])c([2H])c([2H])c3c3c([2H])c(-c4c([2H])c([2H])c5c6c([2H])c([2H])c([2H])c([2H])c6n(-c6ccc7oc8cncnc8c7c6)c5c4[2H])c([2H])c([2H])c32)c([2H])c1[2H]. The zero-order valence-corrected chi connectivity index (χ0v) is 22.6. The molecule has 5 heteroatoms. The number of nitrogens with zero attached hydrogens (tertiary/aromatic N) is 4. The standard InChI is InChI=1S/C40H24N4O/c1-2-8-27(9-3-1)43-35-13-7-5-11-30(35)32-20-25(15-18-36(32)43)26-14-17-31-29-10-4-6-12-34(29)44(37(31)21-26)28-16-19-38-33(22-28)40-39(45-38)23-41-24-42-40/h1-24H/i1D,2D,3D,4D,5D,6D,7D,8D,9D,10D,11D,12D,13D,14D,15D,17D,18D,20D,21D. The molecule has 5 nitrogen and oxygen atoms in total. The lowest BCUT2D eigenvalue weighted by Gasteiger charge is -2.10. The Bertz CT molecular complexity index is 3830. The molecule has 0 fully saturated rings. The summed E-state index contributed by atoms with van der Waals surface area (Å²) in [6.07, 6.45) is 2.76. The molecule has 0 aliphatic heterocycles. The van der Waals surface area contributed by atoms with E-state index < -0.39 is 153 Å². The largest absolute Gasteiger partial charge is 0.453 e. The molecular weight excluding hydrogens is 552 g/mol. The first-order valence-corrected chi connectivity index (χ1v) is 13.5. The molecule has 10 aromatic rings. The van der Waals surface area contributed by atoms with E-state index in [1.54, 1.807) is 12.1 Å². The Balaban J connectivity index is 1.41. The van der Waals surface area contributed by atoms with Crippen molar-refractivity contribution < 1.29 is 30.5 Å². The minimum Gasteiger partial charge on any atom is -0.453 e. The average molecular weight is 596 g/mol. The molecule has 0 saturated heterocycles. The number of aromatic nitrogens is 4. The third-order valence-corrected chi connectivity index (χ3v) is 7.65. The first-order valence-electron chi connectivity index (χ1n) is 23.0. The normalized spacial score (nSPS) is 17.9. The van der Waals surface area contributed by atoms with Crippen LogP contribution in [-0.2, 0) is 0 Å². The van der Waals surface area contributed by atoms with Crippen LogP contribution in [0.15, 0.2) is 150 Å². The molecule has 0 saturated carbocycles. The summed E-state index contributed by atoms with van der Waals surface area (Å²) in [7, 11) is 0. The molecule has 0 aliphatic rings. The fraction of sp³-hybridized carbons (Fsp3) is 0. The summed E-state index contributed by atoms with van der Waals surface area (Å²) in [5, 5.41) is -0.871. The maximum Gasteiger partial charge on any atom is 0.172 e. The highest BCUT2D eigenvalue weighted by atomic mass is 16.3. The molecule has 45 heavy (non-hydrogen) atoms. The van der Waals surface area contributed by atoms with Crippen LogP contribution >= 0.6 is 0 Å². The second kappa shape index (κ2) is 9.15. The van der Waals surface area contributed by atoms with E-state index in [0.29, 0.717) is 22.1 Å². The molecule has 0 radical (unpaired) electrons. The molecule has 4 aromatic heterocycles. The van der Waals surface area contributed by atoms with Gasteiger partial charge >= 0.3 is 0 Å². The van der Waals surface area contributed by atoms with E-state index in [1.165, 1.54) is 23.2 Å². The van der Waals surface area contributed by atoms with Crippen molar-refractivity contribution in [1.29, 1.82) is 0 Å². The predicted octanol–water partition coefficient (Wildman–Crippen LogP) is 10.2. The maximum absolute atomic E-state index is 9.84. The van der Waals surface area contributed by atoms with Crippen LogP contribution < -0.4 is 0 Å². The van der Waals surface area contributed by atoms with Gasteiger partial charge in [-0.3, -0.25) is 0 Å². The zero-order valence-electron chi connectivity index (χ0n) is 41.6. The number of hydrogen-bond donors (Lipinski definition) is 0. The van der Waals surface area contributed by atoms with E-state index in [1.807, 2.05) is 0 Å². The van der Waals surface area contributed by atoms with Crippen molar-refractivity contribution in [3.05, 3.63) is 146 Å². The van der Waals surface area contributed by atoms with Crippen molar-refractivity contribution in [2.75, 3.05) is 0 Å². The summed E-state index contributed by atoms with van der Waals surface area (Å²) in [5.74, 6) is 0. The second-order valence-electron chi connectivity index (χ2n) is 10.1. The Kier molecular flexibility index (Phi) is 2.53. The second-order valence-corrected chi connectivity index (χ2v) is 10.1. The van der Waals surface area contributed by atoms with E-state index in [0.717, 1.165) is 4.57 Å². The minimum absolute atomic E-state index is 0.173. The topological polar surface area (TPSA) is 48.8 Å². The molecule has 0 unspecified atom stereocenters. The van der Waals surface area contributed by atoms with Gasteiger partial charge in [-0.05, 0) is 71.6 Å². The van der Waals surface area contributed by atoms with Gasteiger partial charge in [-0.2, -0.15) is 0 Å². The van der Waals surface area contributed by atoms with Gasteiger partial charge in [-0.25, -0.2) is 9.97 Å². The van der Waals surface area contributed by atoms with E-state index in [9.17, 15) is 8.22 Å². The highest BCUT2D eigenvalue weighted by molar-refractivity contribution is 6.13. The van der Waals surface area contributed by atoms with Crippen LogP contribution in [0.1, 0.15) is 26.0 Å². The van der Waals surface area contributed by atoms with Crippen LogP contribution in [0.4, 0.5) is 0 Å². The smallest absolute Gasteiger partial charge is 0.172 e. The quantitative estimate of drug-likeness (QED) is 0.204. The lowest BCUT2D eigenvalue weighted by Crippen LogP contribution is -1.94. The molecule has 0 aliphatic carbocycles. The van der Waals surface area contributed by atoms with Crippen molar-refractivity contribution >= 4 is 65.7 Å². The van der Waals surface area contributed by atoms with Gasteiger partial charge in [0.25, 0.3) is 0 Å². The van der Waals surface area contributed by atoms with E-state index in [-0.39, 0.29) is 27.5 Å². The van der Waals surface area contributed by atoms with Gasteiger partial charge < -0.3 is 13.6 Å². The number of rotatable bonds is 3. The predicted molar refractivity (Wildman–Crippen MR) is 183 cm³/mol. The summed E-state index contributed by atoms with van der Waals surface area (Å²) in [5.41, 5.74) is -1.93. The lowest BCUT2D eigenvalue weighted by molar-refractivity contribution is 0.665. The molecule has 4 heterocycles. The molecular formula is C40H24N4O. The molecule has 10 rings (SSSR count). The van der Waals surface area contributed by atoms with E-state index in [4.69, 9.17) is 22.2 Å². The third kappa shape index (κ3) is 3.49. The van der Waals surface area contributed by atoms with Gasteiger partial charge in [-0.15, -0.1) is 0 Å². The maximum atomic E-state index is 9.84. The molecule has 0 atom stereocenters. The van der Waals surface area contributed by atoms with Crippen molar-refractivity contribution in [1.82, 2.24) is 19.1 Å². The number of furan rings is 1. The van der Waals surface area contributed by atoms with Crippen molar-refractivity contribution in [3.63, 3.8) is 0 Å². The fourth-order valence-electron chi connectivity index (χ4n) is 5.76. The lowest BCUT2D eigenvalue weighted by atomic mass is 10.0. The van der Waals surface area contributed by atoms with Gasteiger partial charge in [0, 0.05) is 38.3 Å². The van der Waals surface area contributed by atoms with Crippen LogP contribution in [0.5, 0.6) is 0 Å². The number of fused-ring (bicyclic) bond motifs is 9. The molecule has 0 bridgehead atoms. The Morgan fingerprint density at radius 3 is 2.04 bits per heavy atom. The molecule has 210 valence electrons. The minimum atomic E-state index is -0.859. The summed E-state index contributed by atoms with van der Waals surface area (Å²) in [4.78, 5) is 8.32. The number of hydrogen-bond acceptors (Lipinski definition) is 3. The van der Waals surface area contributed by atoms with Crippen LogP contribution in [0.3, 0.4) is 0 Å². The zero-order chi connectivity index (χ0) is 46.0. The molecule has 0 spiro atoms. The van der Waals surface area contributed by atoms with Gasteiger partial charge in [0.05, 0.1) is 54.3 Å². The van der Waals surface area contributed by atoms with Gasteiger partial charge in [0.1, 0.15) is 17.4 Å². The van der Waals surface area contributed by atoms with E-state index in [2.05, 4.69) is 9.97 Å². The summed E-state index contributed by atoms with van der Waals surface area (Å²) in [6, 6.07) is -9.41. The van der Waals surface area contributed by atoms with Crippen LogP contribution in [0.2, 0.25) is 0 Å². The number of para-hydroxylation sites is 3. The van der Waals surface area contributed by atoms with E-state index >= 15 is 0 Å². The fourth-order valence-corrected chi connectivity index (χ4v) is 5.76. The Morgan fingerprint density at radius 2 is 1.20 bits per heavy atom. The molecule has 0 N–H and O–H groups in total. The Hall–Kier alpha value is -6.20. The number of benzene rings is 6. The van der Waals surface area contributed by atoms with Gasteiger partial charge in [-0.1, -0.05) is 72.5 Å². The molecule has 0 amide bonds. The van der Waals surface area contributed by atoms with Crippen LogP contribution in [0.25, 0.3) is 88.2 Å². The highest BCUT2D eigenvalue weighted by Crippen LogP contribution is 2.39. The van der Waals surface area contributed by atoms with Crippen LogP contribution in [-0.4, -0.2) is 19.1 Å². The molecule has 6 aromatic carbocycles. The first-order chi connectivity index (χ1) is 30.2. The van der Waals surface area contributed by atoms with Crippen molar-refractivity contribution in [2.45, 2.75) is 0 Å². The third-order valence-electron chi connectivity index (χ3n) is 7.65. The summed E-state index contributed by atoms with van der Waals surface area (Å²) in [6.45, 7) is 0. The highest BCUT2D eigenvalue weighted by Gasteiger charge is 2.17. The first kappa shape index (κ1) is 12.4. The average Bonchev–Trinajstić information content (AvgIpc) is 3.96. The van der Waals surface area contributed by atoms with Gasteiger partial charge in [0.15, 0.2) is 5.58 Å². The monoisotopic (exact) mass is 595 g/mol. The Morgan fingerprint density at radius 1 is 0.533 bits per heavy atom.